The second-order valence-corrected chi connectivity index (χ2v) is 13.1. The average Bonchev–Trinajstić information content (AvgIpc) is 3.82. The molecule has 10 nitrogen and oxygen atoms in total. The van der Waals surface area contributed by atoms with Gasteiger partial charge in [0.1, 0.15) is 29.6 Å². The number of hydrogen-bond donors (Lipinski definition) is 2. The summed E-state index contributed by atoms with van der Waals surface area (Å²) < 4.78 is 39.3. The Bertz CT molecular complexity index is 1760. The van der Waals surface area contributed by atoms with Gasteiger partial charge in [-0.15, -0.1) is 0 Å². The number of amides is 2. The second-order valence-electron chi connectivity index (χ2n) is 13.1. The number of benzene rings is 2. The summed E-state index contributed by atoms with van der Waals surface area (Å²) in [6.07, 6.45) is 0.145. The van der Waals surface area contributed by atoms with E-state index in [2.05, 4.69) is 26.5 Å². The number of likely N-dealkylation sites (tertiary alicyclic amines) is 2. The highest BCUT2D eigenvalue weighted by Gasteiger charge is 2.41. The zero-order chi connectivity index (χ0) is 33.5. The van der Waals surface area contributed by atoms with Crippen LogP contribution in [0.2, 0.25) is 0 Å². The van der Waals surface area contributed by atoms with Gasteiger partial charge < -0.3 is 19.4 Å². The molecule has 2 saturated heterocycles. The van der Waals surface area contributed by atoms with Gasteiger partial charge >= 0.3 is 12.2 Å². The molecule has 2 N–H and O–H groups in total. The largest absolute Gasteiger partial charge is 0.444 e. The van der Waals surface area contributed by atoms with Crippen molar-refractivity contribution in [1.82, 2.24) is 29.7 Å². The molecular weight excluding hydrogens is 606 g/mol. The number of nitrogens with zero attached hydrogens (tertiary/aromatic N) is 4. The third-order valence-corrected chi connectivity index (χ3v) is 8.17. The van der Waals surface area contributed by atoms with Crippen LogP contribution in [0.3, 0.4) is 0 Å². The van der Waals surface area contributed by atoms with Crippen molar-refractivity contribution in [3.63, 3.8) is 0 Å². The monoisotopic (exact) mass is 644 g/mol. The first-order valence-corrected chi connectivity index (χ1v) is 15.6. The summed E-state index contributed by atoms with van der Waals surface area (Å²) in [7, 11) is 0. The molecule has 2 aromatic carbocycles. The number of hydrogen-bond acceptors (Lipinski definition) is 6. The summed E-state index contributed by atoms with van der Waals surface area (Å²) >= 11 is 0. The number of carbonyl (C=O) groups is 2. The van der Waals surface area contributed by atoms with Crippen LogP contribution in [0.15, 0.2) is 73.3 Å². The van der Waals surface area contributed by atoms with Gasteiger partial charge in [0.2, 0.25) is 0 Å². The maximum absolute atomic E-state index is 14.4. The SMILES string of the molecule is C=C(C)OC(=O)N1C[C@H](F)C[C@H]1c1ncc(-c2ccc(-c3ccc(-c4cnc([C@@H]5C[C@@H](F)CN5C(=O)OC(C)(C)C)[nH]4)cc3)cc2)[nH]1. The molecule has 0 aliphatic carbocycles. The zero-order valence-corrected chi connectivity index (χ0v) is 26.8. The number of carbonyl (C=O) groups excluding carboxylic acids is 2. The Labute approximate surface area is 271 Å². The van der Waals surface area contributed by atoms with Gasteiger partial charge in [-0.3, -0.25) is 9.80 Å². The molecule has 6 rings (SSSR count). The minimum Gasteiger partial charge on any atom is -0.444 e. The Balaban J connectivity index is 1.13. The van der Waals surface area contributed by atoms with Gasteiger partial charge in [-0.1, -0.05) is 55.1 Å². The van der Waals surface area contributed by atoms with E-state index in [0.29, 0.717) is 11.6 Å². The minimum atomic E-state index is -1.17. The molecule has 0 bridgehead atoms. The summed E-state index contributed by atoms with van der Waals surface area (Å²) in [6.45, 7) is 10.4. The first kappa shape index (κ1) is 32.0. The Morgan fingerprint density at radius 2 is 1.17 bits per heavy atom. The van der Waals surface area contributed by atoms with Gasteiger partial charge in [-0.05, 0) is 49.9 Å². The second kappa shape index (κ2) is 12.7. The molecule has 0 saturated carbocycles. The lowest BCUT2D eigenvalue weighted by atomic mass is 10.0. The fourth-order valence-corrected chi connectivity index (χ4v) is 6.01. The number of imidazole rings is 2. The van der Waals surface area contributed by atoms with E-state index < -0.39 is 42.2 Å². The van der Waals surface area contributed by atoms with Gasteiger partial charge in [-0.25, -0.2) is 28.3 Å². The number of rotatable bonds is 6. The number of H-pyrrole nitrogens is 2. The molecule has 0 unspecified atom stereocenters. The molecule has 4 heterocycles. The number of halogens is 2. The van der Waals surface area contributed by atoms with Crippen LogP contribution in [0.1, 0.15) is 64.3 Å². The maximum atomic E-state index is 14.4. The number of aromatic nitrogens is 4. The molecule has 0 spiro atoms. The molecule has 2 aliphatic heterocycles. The Morgan fingerprint density at radius 1 is 0.766 bits per heavy atom. The van der Waals surface area contributed by atoms with Gasteiger partial charge in [0.15, 0.2) is 0 Å². The third-order valence-electron chi connectivity index (χ3n) is 8.17. The van der Waals surface area contributed by atoms with Crippen LogP contribution < -0.4 is 0 Å². The van der Waals surface area contributed by atoms with Crippen molar-refractivity contribution < 1.29 is 27.8 Å². The number of allylic oxidation sites excluding steroid dienone is 1. The molecule has 2 fully saturated rings. The average molecular weight is 645 g/mol. The molecule has 0 radical (unpaired) electrons. The molecule has 4 aromatic rings. The highest BCUT2D eigenvalue weighted by Crippen LogP contribution is 2.36. The minimum absolute atomic E-state index is 0.0321. The molecule has 246 valence electrons. The Hall–Kier alpha value is -5.00. The summed E-state index contributed by atoms with van der Waals surface area (Å²) in [5.41, 5.74) is 4.62. The van der Waals surface area contributed by atoms with Crippen LogP contribution in [-0.2, 0) is 9.47 Å². The van der Waals surface area contributed by atoms with E-state index in [1.807, 2.05) is 48.5 Å². The van der Waals surface area contributed by atoms with Gasteiger partial charge in [0.25, 0.3) is 0 Å². The smallest absolute Gasteiger partial charge is 0.415 e. The lowest BCUT2D eigenvalue weighted by Crippen LogP contribution is -2.37. The highest BCUT2D eigenvalue weighted by molar-refractivity contribution is 5.72. The van der Waals surface area contributed by atoms with E-state index in [0.717, 1.165) is 33.6 Å². The first-order chi connectivity index (χ1) is 22.3. The number of alkyl halides is 2. The van der Waals surface area contributed by atoms with Crippen molar-refractivity contribution in [2.24, 2.45) is 0 Å². The van der Waals surface area contributed by atoms with Crippen molar-refractivity contribution >= 4 is 12.2 Å². The predicted octanol–water partition coefficient (Wildman–Crippen LogP) is 7.91. The molecular formula is C35H38F2N6O4. The number of aromatic amines is 2. The van der Waals surface area contributed by atoms with Crippen LogP contribution in [0, 0.1) is 0 Å². The first-order valence-electron chi connectivity index (χ1n) is 15.6. The summed E-state index contributed by atoms with van der Waals surface area (Å²) in [5, 5.41) is 0. The van der Waals surface area contributed by atoms with E-state index in [-0.39, 0.29) is 31.7 Å². The van der Waals surface area contributed by atoms with Crippen molar-refractivity contribution in [3.8, 4) is 33.6 Å². The van der Waals surface area contributed by atoms with Crippen molar-refractivity contribution in [2.75, 3.05) is 13.1 Å². The van der Waals surface area contributed by atoms with E-state index in [9.17, 15) is 18.4 Å². The van der Waals surface area contributed by atoms with Gasteiger partial charge in [0, 0.05) is 12.8 Å². The Morgan fingerprint density at radius 3 is 1.57 bits per heavy atom. The van der Waals surface area contributed by atoms with Crippen LogP contribution in [-0.4, -0.2) is 73.0 Å². The van der Waals surface area contributed by atoms with Crippen LogP contribution in [0.5, 0.6) is 0 Å². The van der Waals surface area contributed by atoms with Gasteiger partial charge in [0.05, 0.1) is 54.7 Å². The zero-order valence-electron chi connectivity index (χ0n) is 26.8. The highest BCUT2D eigenvalue weighted by atomic mass is 19.1. The quantitative estimate of drug-likeness (QED) is 0.206. The van der Waals surface area contributed by atoms with E-state index >= 15 is 0 Å². The van der Waals surface area contributed by atoms with Crippen LogP contribution in [0.4, 0.5) is 18.4 Å². The lowest BCUT2D eigenvalue weighted by molar-refractivity contribution is 0.0211. The lowest BCUT2D eigenvalue weighted by Gasteiger charge is -2.27. The summed E-state index contributed by atoms with van der Waals surface area (Å²) in [6, 6.07) is 14.8. The predicted molar refractivity (Wildman–Crippen MR) is 172 cm³/mol. The van der Waals surface area contributed by atoms with Crippen LogP contribution >= 0.6 is 0 Å². The summed E-state index contributed by atoms with van der Waals surface area (Å²) in [5.74, 6) is 1.26. The van der Waals surface area contributed by atoms with Crippen molar-refractivity contribution in [2.45, 2.75) is 70.6 Å². The van der Waals surface area contributed by atoms with Crippen LogP contribution in [0.25, 0.3) is 33.6 Å². The Kier molecular flexibility index (Phi) is 8.61. The fraction of sp³-hybridized carbons (Fsp3) is 0.371. The molecule has 47 heavy (non-hydrogen) atoms. The molecule has 2 aromatic heterocycles. The number of ether oxygens (including phenoxy) is 2. The van der Waals surface area contributed by atoms with Crippen molar-refractivity contribution in [1.29, 1.82) is 0 Å². The van der Waals surface area contributed by atoms with Crippen molar-refractivity contribution in [3.05, 3.63) is 84.9 Å². The third kappa shape index (κ3) is 7.06. The topological polar surface area (TPSA) is 116 Å². The standard InChI is InChI=1S/C35H38F2N6O4/c1-20(2)46-33(44)42-18-25(36)14-29(42)31-38-16-27(40-31)23-10-6-21(7-11-23)22-8-12-24(13-9-22)28-17-39-32(41-28)30-15-26(37)19-43(30)34(45)47-35(3,4)5/h6-13,16-17,25-26,29-30H,1,14-15,18-19H2,2-5H3,(H,38,40)(H,39,41)/t25-,26-,29+,30+/m1/s1. The van der Waals surface area contributed by atoms with E-state index in [1.165, 1.54) is 9.80 Å². The molecule has 2 amide bonds. The number of nitrogens with one attached hydrogen (secondary N) is 2. The maximum Gasteiger partial charge on any atom is 0.415 e. The van der Waals surface area contributed by atoms with Gasteiger partial charge in [-0.2, -0.15) is 0 Å². The normalized spacial score (nSPS) is 21.2. The molecule has 2 aliphatic rings. The van der Waals surface area contributed by atoms with E-state index in [1.54, 1.807) is 40.1 Å². The van der Waals surface area contributed by atoms with E-state index in [4.69, 9.17) is 9.47 Å². The molecule has 4 atom stereocenters. The summed E-state index contributed by atoms with van der Waals surface area (Å²) in [4.78, 5) is 43.4. The molecule has 12 heteroatoms. The fourth-order valence-electron chi connectivity index (χ4n) is 6.01.